The molecule has 0 saturated heterocycles. The maximum absolute atomic E-state index is 13.4. The van der Waals surface area contributed by atoms with E-state index in [1.165, 1.54) is 11.1 Å². The summed E-state index contributed by atoms with van der Waals surface area (Å²) in [5.41, 5.74) is 3.39. The predicted molar refractivity (Wildman–Crippen MR) is 164 cm³/mol. The number of hydrogen-bond acceptors (Lipinski definition) is 6. The van der Waals surface area contributed by atoms with Crippen LogP contribution >= 0.6 is 11.6 Å². The molecule has 2 heterocycles. The number of carbonyl (C=O) groups is 1. The largest absolute Gasteiger partial charge is 0.490 e. The number of anilines is 1. The third kappa shape index (κ3) is 5.24. The molecule has 0 radical (unpaired) electrons. The highest BCUT2D eigenvalue weighted by Gasteiger charge is 2.45. The van der Waals surface area contributed by atoms with Crippen LogP contribution in [-0.2, 0) is 21.9 Å². The molecule has 2 aliphatic heterocycles. The molecule has 2 aromatic rings. The Hall–Kier alpha value is -2.55. The lowest BCUT2D eigenvalue weighted by molar-refractivity contribution is 0.0456. The Morgan fingerprint density at radius 1 is 1.05 bits per heavy atom. The molecular formula is C33H39ClN2O5S. The molecule has 224 valence electrons. The van der Waals surface area contributed by atoms with E-state index in [9.17, 15) is 18.3 Å². The van der Waals surface area contributed by atoms with Crippen LogP contribution in [0.4, 0.5) is 5.69 Å². The predicted octanol–water partition coefficient (Wildman–Crippen LogP) is 5.39. The van der Waals surface area contributed by atoms with E-state index in [1.54, 1.807) is 12.1 Å². The summed E-state index contributed by atoms with van der Waals surface area (Å²) in [6.45, 7) is 1.94. The lowest BCUT2D eigenvalue weighted by Crippen LogP contribution is -2.49. The van der Waals surface area contributed by atoms with Gasteiger partial charge in [-0.25, -0.2) is 13.1 Å². The summed E-state index contributed by atoms with van der Waals surface area (Å²) in [7, 11) is -3.86. The number of carbonyl (C=O) groups excluding carboxylic acids is 1. The molecule has 3 aliphatic carbocycles. The van der Waals surface area contributed by atoms with E-state index < -0.39 is 27.3 Å². The summed E-state index contributed by atoms with van der Waals surface area (Å²) in [6, 6.07) is 11.5. The van der Waals surface area contributed by atoms with Crippen LogP contribution in [0.3, 0.4) is 0 Å². The van der Waals surface area contributed by atoms with Gasteiger partial charge < -0.3 is 14.7 Å². The molecule has 5 atom stereocenters. The molecule has 7 nitrogen and oxygen atoms in total. The van der Waals surface area contributed by atoms with Crippen molar-refractivity contribution in [2.75, 3.05) is 24.6 Å². The van der Waals surface area contributed by atoms with E-state index in [1.807, 2.05) is 24.3 Å². The molecule has 7 rings (SSSR count). The van der Waals surface area contributed by atoms with Gasteiger partial charge in [0.15, 0.2) is 0 Å². The number of aliphatic hydroxyl groups excluding tert-OH is 1. The minimum Gasteiger partial charge on any atom is -0.490 e. The summed E-state index contributed by atoms with van der Waals surface area (Å²) >= 11 is 6.39. The van der Waals surface area contributed by atoms with Gasteiger partial charge >= 0.3 is 0 Å². The SMILES string of the molecule is O=C1NS(=O)(=O)[C@@H](C2CC2)CC/C=C/[C@H](O)[C@@H]2CC[C@H]2CN2C[C@@]3(CCCc4cc(Cl)ccc43)COc3ccc1cc32. The first kappa shape index (κ1) is 28.2. The summed E-state index contributed by atoms with van der Waals surface area (Å²) in [5.74, 6) is 0.611. The van der Waals surface area contributed by atoms with Crippen molar-refractivity contribution in [3.05, 3.63) is 70.3 Å². The monoisotopic (exact) mass is 610 g/mol. The number of allylic oxidation sites excluding steroid dienone is 1. The van der Waals surface area contributed by atoms with Crippen molar-refractivity contribution in [2.45, 2.75) is 74.6 Å². The molecule has 42 heavy (non-hydrogen) atoms. The number of benzene rings is 2. The van der Waals surface area contributed by atoms with Gasteiger partial charge in [-0.15, -0.1) is 0 Å². The number of aryl methyl sites for hydroxylation is 1. The zero-order valence-corrected chi connectivity index (χ0v) is 25.4. The molecule has 2 saturated carbocycles. The summed E-state index contributed by atoms with van der Waals surface area (Å²) in [6.07, 6.45) is 10.9. The smallest absolute Gasteiger partial charge is 0.264 e. The third-order valence-electron chi connectivity index (χ3n) is 10.4. The number of fused-ring (bicyclic) bond motifs is 4. The molecule has 2 N–H and O–H groups in total. The summed E-state index contributed by atoms with van der Waals surface area (Å²) in [5, 5.41) is 11.3. The Kier molecular flexibility index (Phi) is 7.30. The fraction of sp³-hybridized carbons (Fsp3) is 0.545. The molecule has 2 fully saturated rings. The molecule has 2 bridgehead atoms. The second kappa shape index (κ2) is 10.9. The number of nitrogens with zero attached hydrogens (tertiary/aromatic N) is 1. The normalized spacial score (nSPS) is 33.3. The topological polar surface area (TPSA) is 95.9 Å². The van der Waals surface area contributed by atoms with Gasteiger partial charge in [-0.3, -0.25) is 4.79 Å². The average molecular weight is 611 g/mol. The third-order valence-corrected chi connectivity index (χ3v) is 12.5. The molecule has 1 amide bonds. The van der Waals surface area contributed by atoms with Crippen molar-refractivity contribution in [1.82, 2.24) is 4.72 Å². The number of sulfonamides is 1. The molecule has 0 aromatic heterocycles. The van der Waals surface area contributed by atoms with Crippen molar-refractivity contribution in [2.24, 2.45) is 17.8 Å². The van der Waals surface area contributed by atoms with Gasteiger partial charge in [0.2, 0.25) is 10.0 Å². The molecule has 1 spiro atoms. The van der Waals surface area contributed by atoms with Crippen molar-refractivity contribution >= 4 is 33.2 Å². The highest BCUT2D eigenvalue weighted by atomic mass is 35.5. The Bertz CT molecular complexity index is 1520. The second-order valence-corrected chi connectivity index (χ2v) is 15.5. The van der Waals surface area contributed by atoms with Crippen molar-refractivity contribution in [3.63, 3.8) is 0 Å². The zero-order valence-electron chi connectivity index (χ0n) is 23.8. The first-order valence-corrected chi connectivity index (χ1v) is 17.4. The van der Waals surface area contributed by atoms with Crippen LogP contribution in [0.25, 0.3) is 0 Å². The summed E-state index contributed by atoms with van der Waals surface area (Å²) in [4.78, 5) is 15.8. The lowest BCUT2D eigenvalue weighted by Gasteiger charge is -2.45. The first-order valence-electron chi connectivity index (χ1n) is 15.4. The Balaban J connectivity index is 1.29. The number of amides is 1. The van der Waals surface area contributed by atoms with Crippen molar-refractivity contribution in [1.29, 1.82) is 0 Å². The molecule has 9 heteroatoms. The molecular weight excluding hydrogens is 572 g/mol. The van der Waals surface area contributed by atoms with Gasteiger partial charge in [-0.2, -0.15) is 0 Å². The number of halogens is 1. The van der Waals surface area contributed by atoms with Gasteiger partial charge in [0.25, 0.3) is 5.91 Å². The van der Waals surface area contributed by atoms with Crippen molar-refractivity contribution in [3.8, 4) is 5.75 Å². The van der Waals surface area contributed by atoms with Crippen molar-refractivity contribution < 1.29 is 23.1 Å². The lowest BCUT2D eigenvalue weighted by atomic mass is 9.68. The van der Waals surface area contributed by atoms with Gasteiger partial charge in [-0.05, 0) is 117 Å². The number of rotatable bonds is 1. The molecule has 0 unspecified atom stereocenters. The second-order valence-electron chi connectivity index (χ2n) is 13.1. The van der Waals surface area contributed by atoms with Crippen LogP contribution in [0.2, 0.25) is 5.02 Å². The minimum atomic E-state index is -3.86. The Labute approximate surface area is 253 Å². The quantitative estimate of drug-likeness (QED) is 0.421. The fourth-order valence-corrected chi connectivity index (χ4v) is 9.77. The first-order chi connectivity index (χ1) is 20.2. The molecule has 5 aliphatic rings. The van der Waals surface area contributed by atoms with E-state index in [-0.39, 0.29) is 17.3 Å². The van der Waals surface area contributed by atoms with E-state index >= 15 is 0 Å². The number of aliphatic hydroxyl groups is 1. The minimum absolute atomic E-state index is 0.0731. The highest BCUT2D eigenvalue weighted by Crippen LogP contribution is 2.47. The number of hydrogen-bond donors (Lipinski definition) is 2. The summed E-state index contributed by atoms with van der Waals surface area (Å²) < 4.78 is 35.7. The van der Waals surface area contributed by atoms with Gasteiger partial charge in [0.05, 0.1) is 23.6 Å². The standard InChI is InChI=1S/C33H39ClN2O5S/c34-25-11-13-27-22(16-25)4-3-15-33(27)19-36-18-24-9-12-26(24)29(37)5-1-2-6-31(21-7-8-21)42(39,40)35-32(38)23-10-14-30(41-20-33)28(36)17-23/h1,5,10-11,13-14,16-17,21,24,26,29,31,37H,2-4,6-9,12,15,18-20H2,(H,35,38)/b5-1+/t24-,26+,29-,31+,33-/m0/s1. The van der Waals surface area contributed by atoms with Crippen LogP contribution in [0, 0.1) is 17.8 Å². The zero-order chi connectivity index (χ0) is 29.1. The highest BCUT2D eigenvalue weighted by molar-refractivity contribution is 7.90. The van der Waals surface area contributed by atoms with E-state index in [0.717, 1.165) is 62.2 Å². The van der Waals surface area contributed by atoms with Crippen LogP contribution in [0.1, 0.15) is 72.9 Å². The van der Waals surface area contributed by atoms with Crippen LogP contribution < -0.4 is 14.4 Å². The van der Waals surface area contributed by atoms with Gasteiger partial charge in [0.1, 0.15) is 5.75 Å². The number of nitrogens with one attached hydrogen (secondary N) is 1. The number of ether oxygens (including phenoxy) is 1. The van der Waals surface area contributed by atoms with E-state index in [4.69, 9.17) is 16.3 Å². The van der Waals surface area contributed by atoms with Gasteiger partial charge in [0, 0.05) is 29.1 Å². The average Bonchev–Trinajstić information content (AvgIpc) is 3.78. The maximum atomic E-state index is 13.4. The molecule has 2 aromatic carbocycles. The van der Waals surface area contributed by atoms with Crippen LogP contribution in [-0.4, -0.2) is 50.5 Å². The fourth-order valence-electron chi connectivity index (χ4n) is 7.82. The Morgan fingerprint density at radius 2 is 1.88 bits per heavy atom. The van der Waals surface area contributed by atoms with E-state index in [2.05, 4.69) is 21.8 Å². The van der Waals surface area contributed by atoms with Gasteiger partial charge in [-0.1, -0.05) is 29.8 Å². The maximum Gasteiger partial charge on any atom is 0.264 e. The van der Waals surface area contributed by atoms with E-state index in [0.29, 0.717) is 43.2 Å². The van der Waals surface area contributed by atoms with Crippen LogP contribution in [0.5, 0.6) is 5.75 Å². The van der Waals surface area contributed by atoms with Crippen LogP contribution in [0.15, 0.2) is 48.6 Å². The Morgan fingerprint density at radius 3 is 2.67 bits per heavy atom.